The highest BCUT2D eigenvalue weighted by Crippen LogP contribution is 2.31. The van der Waals surface area contributed by atoms with Crippen LogP contribution in [0.25, 0.3) is 0 Å². The van der Waals surface area contributed by atoms with E-state index in [9.17, 15) is 9.59 Å². The van der Waals surface area contributed by atoms with Gasteiger partial charge in [-0.3, -0.25) is 9.59 Å². The van der Waals surface area contributed by atoms with Crippen LogP contribution in [0.1, 0.15) is 23.2 Å². The van der Waals surface area contributed by atoms with Gasteiger partial charge in [0, 0.05) is 23.9 Å². The molecular formula is C17H18N2O3S. The molecule has 0 saturated heterocycles. The van der Waals surface area contributed by atoms with E-state index in [1.54, 1.807) is 11.0 Å². The third-order valence-electron chi connectivity index (χ3n) is 3.67. The van der Waals surface area contributed by atoms with Crippen LogP contribution in [0.15, 0.2) is 41.1 Å². The van der Waals surface area contributed by atoms with Gasteiger partial charge < -0.3 is 15.0 Å². The highest BCUT2D eigenvalue weighted by Gasteiger charge is 2.22. The molecule has 1 aliphatic rings. The molecule has 6 heteroatoms. The SMILES string of the molecule is O=C(NCCCC(=O)N1CCOc2ccccc21)c1ccsc1. The lowest BCUT2D eigenvalue weighted by Gasteiger charge is -2.29. The Bertz CT molecular complexity index is 685. The molecule has 2 amide bonds. The van der Waals surface area contributed by atoms with Gasteiger partial charge in [0.15, 0.2) is 0 Å². The Morgan fingerprint density at radius 1 is 1.26 bits per heavy atom. The molecule has 3 rings (SSSR count). The van der Waals surface area contributed by atoms with Gasteiger partial charge in [-0.05, 0) is 30.0 Å². The zero-order chi connectivity index (χ0) is 16.1. The van der Waals surface area contributed by atoms with Crippen molar-refractivity contribution in [2.75, 3.05) is 24.6 Å². The first kappa shape index (κ1) is 15.6. The summed E-state index contributed by atoms with van der Waals surface area (Å²) in [5.41, 5.74) is 1.49. The van der Waals surface area contributed by atoms with Crippen LogP contribution in [0, 0.1) is 0 Å². The van der Waals surface area contributed by atoms with Gasteiger partial charge in [0.05, 0.1) is 12.2 Å². The third kappa shape index (κ3) is 3.71. The minimum atomic E-state index is -0.0876. The minimum Gasteiger partial charge on any atom is -0.490 e. The molecule has 120 valence electrons. The summed E-state index contributed by atoms with van der Waals surface area (Å²) < 4.78 is 5.55. The van der Waals surface area contributed by atoms with E-state index in [-0.39, 0.29) is 11.8 Å². The van der Waals surface area contributed by atoms with Crippen molar-refractivity contribution >= 4 is 28.8 Å². The Kier molecular flexibility index (Phi) is 4.92. The van der Waals surface area contributed by atoms with Crippen molar-refractivity contribution in [3.05, 3.63) is 46.7 Å². The Balaban J connectivity index is 1.48. The maximum absolute atomic E-state index is 12.4. The van der Waals surface area contributed by atoms with Crippen molar-refractivity contribution in [2.45, 2.75) is 12.8 Å². The predicted molar refractivity (Wildman–Crippen MR) is 90.2 cm³/mol. The second kappa shape index (κ2) is 7.28. The standard InChI is InChI=1S/C17H18N2O3S/c20-16(6-3-8-18-17(21)13-7-11-23-12-13)19-9-10-22-15-5-2-1-4-14(15)19/h1-2,4-5,7,11-12H,3,6,8-10H2,(H,18,21). The summed E-state index contributed by atoms with van der Waals surface area (Å²) in [5, 5.41) is 6.51. The highest BCUT2D eigenvalue weighted by molar-refractivity contribution is 7.08. The third-order valence-corrected chi connectivity index (χ3v) is 4.35. The molecule has 0 bridgehead atoms. The number of benzene rings is 1. The number of ether oxygens (including phenoxy) is 1. The number of thiophene rings is 1. The summed E-state index contributed by atoms with van der Waals surface area (Å²) >= 11 is 1.49. The van der Waals surface area contributed by atoms with Crippen molar-refractivity contribution in [3.8, 4) is 5.75 Å². The van der Waals surface area contributed by atoms with Gasteiger partial charge >= 0.3 is 0 Å². The van der Waals surface area contributed by atoms with E-state index in [0.717, 1.165) is 11.4 Å². The lowest BCUT2D eigenvalue weighted by molar-refractivity contribution is -0.118. The Morgan fingerprint density at radius 2 is 2.13 bits per heavy atom. The predicted octanol–water partition coefficient (Wildman–Crippen LogP) is 2.68. The number of amides is 2. The molecule has 2 aromatic rings. The molecule has 0 unspecified atom stereocenters. The molecule has 1 aliphatic heterocycles. The van der Waals surface area contributed by atoms with Crippen LogP contribution in [-0.4, -0.2) is 31.5 Å². The molecule has 0 spiro atoms. The molecule has 2 heterocycles. The molecular weight excluding hydrogens is 312 g/mol. The Labute approximate surface area is 138 Å². The number of carbonyl (C=O) groups is 2. The molecule has 1 aromatic carbocycles. The number of fused-ring (bicyclic) bond motifs is 1. The lowest BCUT2D eigenvalue weighted by Crippen LogP contribution is -2.38. The van der Waals surface area contributed by atoms with Gasteiger partial charge in [-0.2, -0.15) is 11.3 Å². The molecule has 0 fully saturated rings. The fourth-order valence-electron chi connectivity index (χ4n) is 2.50. The van der Waals surface area contributed by atoms with Crippen LogP contribution < -0.4 is 15.0 Å². The normalized spacial score (nSPS) is 13.1. The first-order chi connectivity index (χ1) is 11.3. The van der Waals surface area contributed by atoms with Gasteiger partial charge in [-0.25, -0.2) is 0 Å². The molecule has 23 heavy (non-hydrogen) atoms. The Morgan fingerprint density at radius 3 is 2.96 bits per heavy atom. The maximum atomic E-state index is 12.4. The van der Waals surface area contributed by atoms with Crippen molar-refractivity contribution in [2.24, 2.45) is 0 Å². The average molecular weight is 330 g/mol. The van der Waals surface area contributed by atoms with Crippen LogP contribution in [0.4, 0.5) is 5.69 Å². The number of hydrogen-bond acceptors (Lipinski definition) is 4. The van der Waals surface area contributed by atoms with Gasteiger partial charge in [0.2, 0.25) is 5.91 Å². The summed E-state index contributed by atoms with van der Waals surface area (Å²) in [6, 6.07) is 9.35. The van der Waals surface area contributed by atoms with E-state index in [1.807, 2.05) is 35.0 Å². The van der Waals surface area contributed by atoms with Crippen LogP contribution in [-0.2, 0) is 4.79 Å². The molecule has 0 saturated carbocycles. The van der Waals surface area contributed by atoms with Gasteiger partial charge in [0.25, 0.3) is 5.91 Å². The summed E-state index contributed by atoms with van der Waals surface area (Å²) in [5.74, 6) is 0.721. The monoisotopic (exact) mass is 330 g/mol. The minimum absolute atomic E-state index is 0.0607. The summed E-state index contributed by atoms with van der Waals surface area (Å²) in [6.07, 6.45) is 1.02. The van der Waals surface area contributed by atoms with Gasteiger partial charge in [-0.1, -0.05) is 12.1 Å². The van der Waals surface area contributed by atoms with Gasteiger partial charge in [-0.15, -0.1) is 0 Å². The largest absolute Gasteiger partial charge is 0.490 e. The number of carbonyl (C=O) groups excluding carboxylic acids is 2. The van der Waals surface area contributed by atoms with Crippen LogP contribution in [0.2, 0.25) is 0 Å². The van der Waals surface area contributed by atoms with E-state index in [2.05, 4.69) is 5.32 Å². The van der Waals surface area contributed by atoms with E-state index in [4.69, 9.17) is 4.74 Å². The van der Waals surface area contributed by atoms with Crippen molar-refractivity contribution in [1.82, 2.24) is 5.32 Å². The van der Waals surface area contributed by atoms with Crippen molar-refractivity contribution < 1.29 is 14.3 Å². The topological polar surface area (TPSA) is 58.6 Å². The second-order valence-corrected chi connectivity index (χ2v) is 6.01. The number of nitrogens with one attached hydrogen (secondary N) is 1. The summed E-state index contributed by atoms with van der Waals surface area (Å²) in [7, 11) is 0. The fourth-order valence-corrected chi connectivity index (χ4v) is 3.14. The Hall–Kier alpha value is -2.34. The number of para-hydroxylation sites is 2. The molecule has 1 aromatic heterocycles. The van der Waals surface area contributed by atoms with E-state index < -0.39 is 0 Å². The zero-order valence-corrected chi connectivity index (χ0v) is 13.5. The van der Waals surface area contributed by atoms with E-state index in [0.29, 0.717) is 38.1 Å². The number of rotatable bonds is 5. The highest BCUT2D eigenvalue weighted by atomic mass is 32.1. The molecule has 5 nitrogen and oxygen atoms in total. The van der Waals surface area contributed by atoms with Crippen molar-refractivity contribution in [3.63, 3.8) is 0 Å². The molecule has 0 radical (unpaired) electrons. The summed E-state index contributed by atoms with van der Waals surface area (Å²) in [4.78, 5) is 26.0. The van der Waals surface area contributed by atoms with Crippen LogP contribution in [0.3, 0.4) is 0 Å². The van der Waals surface area contributed by atoms with Crippen molar-refractivity contribution in [1.29, 1.82) is 0 Å². The smallest absolute Gasteiger partial charge is 0.252 e. The molecule has 1 N–H and O–H groups in total. The number of nitrogens with zero attached hydrogens (tertiary/aromatic N) is 1. The first-order valence-electron chi connectivity index (χ1n) is 7.58. The second-order valence-electron chi connectivity index (χ2n) is 5.23. The number of hydrogen-bond donors (Lipinski definition) is 1. The van der Waals surface area contributed by atoms with Crippen LogP contribution >= 0.6 is 11.3 Å². The quantitative estimate of drug-likeness (QED) is 0.858. The van der Waals surface area contributed by atoms with Crippen LogP contribution in [0.5, 0.6) is 5.75 Å². The van der Waals surface area contributed by atoms with E-state index >= 15 is 0 Å². The average Bonchev–Trinajstić information content (AvgIpc) is 3.12. The fraction of sp³-hybridized carbons (Fsp3) is 0.294. The lowest BCUT2D eigenvalue weighted by atomic mass is 10.2. The number of anilines is 1. The molecule has 0 aliphatic carbocycles. The molecule has 0 atom stereocenters. The van der Waals surface area contributed by atoms with Gasteiger partial charge in [0.1, 0.15) is 12.4 Å². The zero-order valence-electron chi connectivity index (χ0n) is 12.7. The first-order valence-corrected chi connectivity index (χ1v) is 8.52. The maximum Gasteiger partial charge on any atom is 0.252 e. The summed E-state index contributed by atoms with van der Waals surface area (Å²) in [6.45, 7) is 1.57. The van der Waals surface area contributed by atoms with E-state index in [1.165, 1.54) is 11.3 Å².